The molecule has 0 aliphatic rings. The van der Waals surface area contributed by atoms with Crippen LogP contribution in [0.25, 0.3) is 0 Å². The summed E-state index contributed by atoms with van der Waals surface area (Å²) in [5.74, 6) is 0.00525. The Bertz CT molecular complexity index is 518. The highest BCUT2D eigenvalue weighted by molar-refractivity contribution is 6.32. The number of rotatable bonds is 7. The molecule has 1 amide bonds. The second-order valence-electron chi connectivity index (χ2n) is 4.78. The maximum absolute atomic E-state index is 12.6. The lowest BCUT2D eigenvalue weighted by molar-refractivity contribution is -0.385. The van der Waals surface area contributed by atoms with Crippen LogP contribution < -0.4 is 0 Å². The zero-order valence-electron chi connectivity index (χ0n) is 12.5. The molecule has 0 bridgehead atoms. The van der Waals surface area contributed by atoms with Crippen LogP contribution in [-0.4, -0.2) is 33.8 Å². The van der Waals surface area contributed by atoms with E-state index in [0.29, 0.717) is 19.0 Å². The van der Waals surface area contributed by atoms with Gasteiger partial charge in [0.15, 0.2) is 0 Å². The molecule has 0 unspecified atom stereocenters. The first-order valence-corrected chi connectivity index (χ1v) is 7.42. The van der Waals surface area contributed by atoms with E-state index in [1.165, 1.54) is 12.3 Å². The number of hydrogen-bond acceptors (Lipinski definition) is 4. The minimum Gasteiger partial charge on any atom is -0.338 e. The molecule has 1 rings (SSSR count). The Morgan fingerprint density at radius 3 is 2.52 bits per heavy atom. The molecule has 116 valence electrons. The van der Waals surface area contributed by atoms with Crippen molar-refractivity contribution in [2.24, 2.45) is 5.92 Å². The van der Waals surface area contributed by atoms with Gasteiger partial charge in [0.2, 0.25) is 5.15 Å². The van der Waals surface area contributed by atoms with Crippen molar-refractivity contribution in [3.8, 4) is 0 Å². The van der Waals surface area contributed by atoms with E-state index >= 15 is 0 Å². The minimum atomic E-state index is -0.659. The molecule has 7 heteroatoms. The van der Waals surface area contributed by atoms with Gasteiger partial charge in [0.1, 0.15) is 5.56 Å². The Hall–Kier alpha value is -1.69. The van der Waals surface area contributed by atoms with Gasteiger partial charge in [-0.3, -0.25) is 14.9 Å². The molecular weight excluding hydrogens is 294 g/mol. The van der Waals surface area contributed by atoms with E-state index in [2.05, 4.69) is 18.8 Å². The normalized spacial score (nSPS) is 10.7. The summed E-state index contributed by atoms with van der Waals surface area (Å²) >= 11 is 5.75. The van der Waals surface area contributed by atoms with Crippen LogP contribution in [0.2, 0.25) is 5.15 Å². The molecule has 0 spiro atoms. The van der Waals surface area contributed by atoms with Crippen LogP contribution in [0.1, 0.15) is 44.0 Å². The molecule has 6 nitrogen and oxygen atoms in total. The summed E-state index contributed by atoms with van der Waals surface area (Å²) in [4.78, 5) is 28.3. The molecule has 0 radical (unpaired) electrons. The first-order valence-electron chi connectivity index (χ1n) is 7.04. The van der Waals surface area contributed by atoms with Crippen molar-refractivity contribution in [3.05, 3.63) is 33.1 Å². The fourth-order valence-corrected chi connectivity index (χ4v) is 2.39. The summed E-state index contributed by atoms with van der Waals surface area (Å²) in [7, 11) is 0. The standard InChI is InChI=1S/C14H20ClN3O3/c1-4-10(5-2)9-17(6-3)14(19)11-7-8-16-13(15)12(11)18(20)21/h7-8,10H,4-6,9H2,1-3H3. The number of aromatic nitrogens is 1. The van der Waals surface area contributed by atoms with E-state index < -0.39 is 10.6 Å². The molecule has 21 heavy (non-hydrogen) atoms. The highest BCUT2D eigenvalue weighted by atomic mass is 35.5. The van der Waals surface area contributed by atoms with Crippen molar-refractivity contribution in [2.45, 2.75) is 33.6 Å². The van der Waals surface area contributed by atoms with Gasteiger partial charge in [-0.2, -0.15) is 0 Å². The van der Waals surface area contributed by atoms with Crippen molar-refractivity contribution >= 4 is 23.2 Å². The van der Waals surface area contributed by atoms with Gasteiger partial charge in [0, 0.05) is 19.3 Å². The Labute approximate surface area is 129 Å². The maximum atomic E-state index is 12.6. The van der Waals surface area contributed by atoms with E-state index in [-0.39, 0.29) is 16.6 Å². The van der Waals surface area contributed by atoms with Crippen LogP contribution in [0.4, 0.5) is 5.69 Å². The molecule has 0 saturated heterocycles. The summed E-state index contributed by atoms with van der Waals surface area (Å²) in [6, 6.07) is 1.35. The smallest absolute Gasteiger partial charge is 0.319 e. The number of pyridine rings is 1. The van der Waals surface area contributed by atoms with Crippen molar-refractivity contribution in [1.29, 1.82) is 0 Å². The third kappa shape index (κ3) is 4.14. The lowest BCUT2D eigenvalue weighted by Gasteiger charge is -2.25. The molecule has 1 heterocycles. The van der Waals surface area contributed by atoms with Crippen molar-refractivity contribution in [3.63, 3.8) is 0 Å². The minimum absolute atomic E-state index is 0.00666. The first kappa shape index (κ1) is 17.4. The third-order valence-corrected chi connectivity index (χ3v) is 3.87. The van der Waals surface area contributed by atoms with E-state index in [0.717, 1.165) is 12.8 Å². The predicted molar refractivity (Wildman–Crippen MR) is 81.6 cm³/mol. The average molecular weight is 314 g/mol. The summed E-state index contributed by atoms with van der Waals surface area (Å²) in [5, 5.41) is 10.8. The van der Waals surface area contributed by atoms with Crippen LogP contribution in [0, 0.1) is 16.0 Å². The summed E-state index contributed by atoms with van der Waals surface area (Å²) in [5.41, 5.74) is -0.431. The Kier molecular flexibility index (Phi) is 6.55. The Balaban J connectivity index is 3.11. The summed E-state index contributed by atoms with van der Waals surface area (Å²) < 4.78 is 0. The van der Waals surface area contributed by atoms with E-state index in [1.807, 2.05) is 6.92 Å². The van der Waals surface area contributed by atoms with Gasteiger partial charge in [0.25, 0.3) is 5.91 Å². The lowest BCUT2D eigenvalue weighted by Crippen LogP contribution is -2.35. The van der Waals surface area contributed by atoms with Gasteiger partial charge in [-0.1, -0.05) is 38.3 Å². The number of nitrogens with zero attached hydrogens (tertiary/aromatic N) is 3. The SMILES string of the molecule is CCC(CC)CN(CC)C(=O)c1ccnc(Cl)c1[N+](=O)[O-]. The average Bonchev–Trinajstić information content (AvgIpc) is 2.47. The molecular formula is C14H20ClN3O3. The number of halogens is 1. The number of carbonyl (C=O) groups is 1. The van der Waals surface area contributed by atoms with Crippen molar-refractivity contribution < 1.29 is 9.72 Å². The highest BCUT2D eigenvalue weighted by Gasteiger charge is 2.28. The molecule has 0 aromatic carbocycles. The monoisotopic (exact) mass is 313 g/mol. The molecule has 0 atom stereocenters. The molecule has 0 N–H and O–H groups in total. The van der Waals surface area contributed by atoms with Crippen molar-refractivity contribution in [2.75, 3.05) is 13.1 Å². The zero-order chi connectivity index (χ0) is 16.0. The quantitative estimate of drug-likeness (QED) is 0.438. The molecule has 1 aromatic rings. The first-order chi connectivity index (χ1) is 9.96. The van der Waals surface area contributed by atoms with Crippen LogP contribution in [0.5, 0.6) is 0 Å². The van der Waals surface area contributed by atoms with Crippen molar-refractivity contribution in [1.82, 2.24) is 9.88 Å². The Morgan fingerprint density at radius 1 is 1.43 bits per heavy atom. The van der Waals surface area contributed by atoms with Gasteiger partial charge in [0.05, 0.1) is 4.92 Å². The fourth-order valence-electron chi connectivity index (χ4n) is 2.16. The number of hydrogen-bond donors (Lipinski definition) is 0. The second-order valence-corrected chi connectivity index (χ2v) is 5.14. The van der Waals surface area contributed by atoms with Crippen LogP contribution in [0.3, 0.4) is 0 Å². The highest BCUT2D eigenvalue weighted by Crippen LogP contribution is 2.27. The van der Waals surface area contributed by atoms with Crippen LogP contribution in [0.15, 0.2) is 12.3 Å². The topological polar surface area (TPSA) is 76.3 Å². The third-order valence-electron chi connectivity index (χ3n) is 3.59. The molecule has 0 aliphatic carbocycles. The molecule has 0 aliphatic heterocycles. The largest absolute Gasteiger partial charge is 0.338 e. The Morgan fingerprint density at radius 2 is 2.05 bits per heavy atom. The lowest BCUT2D eigenvalue weighted by atomic mass is 10.0. The molecule has 1 aromatic heterocycles. The van der Waals surface area contributed by atoms with Gasteiger partial charge in [-0.05, 0) is 18.9 Å². The zero-order valence-corrected chi connectivity index (χ0v) is 13.3. The number of carbonyl (C=O) groups excluding carboxylic acids is 1. The fraction of sp³-hybridized carbons (Fsp3) is 0.571. The van der Waals surface area contributed by atoms with E-state index in [4.69, 9.17) is 11.6 Å². The number of amides is 1. The van der Waals surface area contributed by atoms with E-state index in [1.54, 1.807) is 4.90 Å². The van der Waals surface area contributed by atoms with Gasteiger partial charge in [-0.25, -0.2) is 4.98 Å². The van der Waals surface area contributed by atoms with E-state index in [9.17, 15) is 14.9 Å². The van der Waals surface area contributed by atoms with Crippen LogP contribution >= 0.6 is 11.6 Å². The summed E-state index contributed by atoms with van der Waals surface area (Å²) in [6.45, 7) is 7.07. The molecule has 0 fully saturated rings. The summed E-state index contributed by atoms with van der Waals surface area (Å²) in [6.07, 6.45) is 3.23. The second kappa shape index (κ2) is 7.93. The number of nitro groups is 1. The van der Waals surface area contributed by atoms with Crippen LogP contribution in [-0.2, 0) is 0 Å². The predicted octanol–water partition coefficient (Wildman–Crippen LogP) is 3.54. The van der Waals surface area contributed by atoms with Gasteiger partial charge >= 0.3 is 5.69 Å². The molecule has 0 saturated carbocycles. The van der Waals surface area contributed by atoms with Gasteiger partial charge < -0.3 is 4.90 Å². The maximum Gasteiger partial charge on any atom is 0.319 e. The van der Waals surface area contributed by atoms with Gasteiger partial charge in [-0.15, -0.1) is 0 Å².